The predicted molar refractivity (Wildman–Crippen MR) is 85.7 cm³/mol. The van der Waals surface area contributed by atoms with Crippen LogP contribution in [0.4, 0.5) is 5.69 Å². The number of nitrogens with one attached hydrogen (secondary N) is 2. The molecule has 118 valence electrons. The fourth-order valence-corrected chi connectivity index (χ4v) is 3.77. The molecule has 1 aliphatic rings. The average Bonchev–Trinajstić information content (AvgIpc) is 2.89. The number of benzene rings is 1. The summed E-state index contributed by atoms with van der Waals surface area (Å²) >= 11 is 0. The van der Waals surface area contributed by atoms with Crippen molar-refractivity contribution in [3.63, 3.8) is 0 Å². The van der Waals surface area contributed by atoms with Crippen LogP contribution in [0.1, 0.15) is 32.6 Å². The van der Waals surface area contributed by atoms with E-state index in [9.17, 15) is 8.42 Å². The van der Waals surface area contributed by atoms with Gasteiger partial charge in [-0.05, 0) is 55.9 Å². The van der Waals surface area contributed by atoms with Crippen LogP contribution in [0.2, 0.25) is 0 Å². The molecular weight excluding hydrogens is 286 g/mol. The quantitative estimate of drug-likeness (QED) is 0.718. The maximum absolute atomic E-state index is 12.0. The van der Waals surface area contributed by atoms with Crippen LogP contribution in [0, 0.1) is 5.92 Å². The molecular formula is C15H25N3O2S. The van der Waals surface area contributed by atoms with Gasteiger partial charge >= 0.3 is 0 Å². The van der Waals surface area contributed by atoms with Gasteiger partial charge in [-0.15, -0.1) is 0 Å². The van der Waals surface area contributed by atoms with E-state index in [0.717, 1.165) is 31.5 Å². The van der Waals surface area contributed by atoms with Gasteiger partial charge in [-0.2, -0.15) is 0 Å². The molecule has 1 saturated carbocycles. The Bertz CT molecular complexity index is 543. The van der Waals surface area contributed by atoms with E-state index in [0.29, 0.717) is 23.4 Å². The first-order valence-electron chi connectivity index (χ1n) is 7.60. The van der Waals surface area contributed by atoms with Gasteiger partial charge in [0.25, 0.3) is 0 Å². The Hall–Kier alpha value is -1.11. The Balaban J connectivity index is 1.89. The van der Waals surface area contributed by atoms with Crippen LogP contribution in [-0.4, -0.2) is 27.5 Å². The largest absolute Gasteiger partial charge is 0.385 e. The highest BCUT2D eigenvalue weighted by Crippen LogP contribution is 2.24. The fraction of sp³-hybridized carbons (Fsp3) is 0.600. The lowest BCUT2D eigenvalue weighted by Gasteiger charge is -2.13. The fourth-order valence-electron chi connectivity index (χ4n) is 2.63. The zero-order chi connectivity index (χ0) is 15.3. The van der Waals surface area contributed by atoms with E-state index in [1.807, 2.05) is 19.1 Å². The van der Waals surface area contributed by atoms with Crippen LogP contribution in [0.3, 0.4) is 0 Å². The molecule has 2 atom stereocenters. The molecule has 0 aromatic heterocycles. The van der Waals surface area contributed by atoms with E-state index in [-0.39, 0.29) is 0 Å². The molecule has 4 N–H and O–H groups in total. The van der Waals surface area contributed by atoms with Crippen LogP contribution < -0.4 is 15.8 Å². The van der Waals surface area contributed by atoms with Gasteiger partial charge in [-0.1, -0.05) is 6.92 Å². The molecule has 2 unspecified atom stereocenters. The molecule has 5 nitrogen and oxygen atoms in total. The summed E-state index contributed by atoms with van der Waals surface area (Å²) in [5.41, 5.74) is 6.85. The Morgan fingerprint density at radius 1 is 1.24 bits per heavy atom. The van der Waals surface area contributed by atoms with Gasteiger partial charge in [0.15, 0.2) is 0 Å². The predicted octanol–water partition coefficient (Wildman–Crippen LogP) is 1.91. The van der Waals surface area contributed by atoms with E-state index >= 15 is 0 Å². The Morgan fingerprint density at radius 3 is 2.52 bits per heavy atom. The van der Waals surface area contributed by atoms with Crippen molar-refractivity contribution < 1.29 is 8.42 Å². The lowest BCUT2D eigenvalue weighted by molar-refractivity contribution is 0.565. The van der Waals surface area contributed by atoms with Crippen molar-refractivity contribution in [1.82, 2.24) is 4.72 Å². The van der Waals surface area contributed by atoms with Crippen molar-refractivity contribution in [2.45, 2.75) is 43.5 Å². The number of anilines is 1. The summed E-state index contributed by atoms with van der Waals surface area (Å²) < 4.78 is 26.5. The van der Waals surface area contributed by atoms with Gasteiger partial charge in [-0.3, -0.25) is 0 Å². The van der Waals surface area contributed by atoms with Crippen molar-refractivity contribution in [1.29, 1.82) is 0 Å². The zero-order valence-corrected chi connectivity index (χ0v) is 13.3. The van der Waals surface area contributed by atoms with Crippen molar-refractivity contribution in [3.8, 4) is 0 Å². The Kier molecular flexibility index (Phi) is 5.61. The van der Waals surface area contributed by atoms with E-state index < -0.39 is 10.0 Å². The zero-order valence-electron chi connectivity index (χ0n) is 12.5. The summed E-state index contributed by atoms with van der Waals surface area (Å²) in [5.74, 6) is 0.620. The molecule has 2 rings (SSSR count). The van der Waals surface area contributed by atoms with E-state index in [1.165, 1.54) is 6.42 Å². The summed E-state index contributed by atoms with van der Waals surface area (Å²) in [6.07, 6.45) is 4.12. The SMILES string of the molecule is CCCNS(=O)(=O)c1ccc(NCC2CCC(N)C2)cc1. The molecule has 1 fully saturated rings. The second kappa shape index (κ2) is 7.24. The van der Waals surface area contributed by atoms with Crippen molar-refractivity contribution in [2.75, 3.05) is 18.4 Å². The lowest BCUT2D eigenvalue weighted by Crippen LogP contribution is -2.24. The van der Waals surface area contributed by atoms with Gasteiger partial charge in [0.1, 0.15) is 0 Å². The molecule has 0 amide bonds. The molecule has 0 saturated heterocycles. The van der Waals surface area contributed by atoms with Gasteiger partial charge in [-0.25, -0.2) is 13.1 Å². The summed E-state index contributed by atoms with van der Waals surface area (Å²) in [6.45, 7) is 3.29. The molecule has 0 bridgehead atoms. The maximum Gasteiger partial charge on any atom is 0.240 e. The highest BCUT2D eigenvalue weighted by molar-refractivity contribution is 7.89. The number of hydrogen-bond acceptors (Lipinski definition) is 4. The lowest BCUT2D eigenvalue weighted by atomic mass is 10.1. The highest BCUT2D eigenvalue weighted by Gasteiger charge is 2.21. The van der Waals surface area contributed by atoms with Crippen molar-refractivity contribution in [2.24, 2.45) is 11.7 Å². The number of rotatable bonds is 7. The maximum atomic E-state index is 12.0. The average molecular weight is 311 g/mol. The highest BCUT2D eigenvalue weighted by atomic mass is 32.2. The first-order chi connectivity index (χ1) is 10.0. The molecule has 1 aromatic carbocycles. The minimum absolute atomic E-state index is 0.310. The third-order valence-electron chi connectivity index (χ3n) is 3.88. The molecule has 1 aromatic rings. The van der Waals surface area contributed by atoms with Crippen molar-refractivity contribution >= 4 is 15.7 Å². The number of hydrogen-bond donors (Lipinski definition) is 3. The second-order valence-corrected chi connectivity index (χ2v) is 7.51. The smallest absolute Gasteiger partial charge is 0.240 e. The van der Waals surface area contributed by atoms with Crippen LogP contribution in [0.15, 0.2) is 29.2 Å². The summed E-state index contributed by atoms with van der Waals surface area (Å²) in [6, 6.07) is 7.25. The first kappa shape index (κ1) is 16.3. The first-order valence-corrected chi connectivity index (χ1v) is 9.08. The third kappa shape index (κ3) is 4.69. The molecule has 0 heterocycles. The van der Waals surface area contributed by atoms with Crippen LogP contribution >= 0.6 is 0 Å². The van der Waals surface area contributed by atoms with E-state index in [1.54, 1.807) is 12.1 Å². The number of nitrogens with two attached hydrogens (primary N) is 1. The molecule has 0 radical (unpaired) electrons. The van der Waals surface area contributed by atoms with E-state index in [2.05, 4.69) is 10.0 Å². The second-order valence-electron chi connectivity index (χ2n) is 5.74. The molecule has 0 aliphatic heterocycles. The molecule has 0 spiro atoms. The van der Waals surface area contributed by atoms with Gasteiger partial charge in [0.05, 0.1) is 4.90 Å². The Morgan fingerprint density at radius 2 is 1.95 bits per heavy atom. The van der Waals surface area contributed by atoms with Gasteiger partial charge in [0, 0.05) is 24.8 Å². The van der Waals surface area contributed by atoms with E-state index in [4.69, 9.17) is 5.73 Å². The molecule has 1 aliphatic carbocycles. The number of sulfonamides is 1. The van der Waals surface area contributed by atoms with Crippen LogP contribution in [-0.2, 0) is 10.0 Å². The standard InChI is InChI=1S/C15H25N3O2S/c1-2-9-18-21(19,20)15-7-5-14(6-8-15)17-11-12-3-4-13(16)10-12/h5-8,12-13,17-18H,2-4,9-11,16H2,1H3. The van der Waals surface area contributed by atoms with Crippen LogP contribution in [0.5, 0.6) is 0 Å². The summed E-state index contributed by atoms with van der Waals surface area (Å²) in [7, 11) is -3.37. The summed E-state index contributed by atoms with van der Waals surface area (Å²) in [5, 5.41) is 3.36. The molecule has 6 heteroatoms. The Labute approximate surface area is 127 Å². The van der Waals surface area contributed by atoms with Crippen molar-refractivity contribution in [3.05, 3.63) is 24.3 Å². The molecule has 21 heavy (non-hydrogen) atoms. The minimum Gasteiger partial charge on any atom is -0.385 e. The van der Waals surface area contributed by atoms with Gasteiger partial charge < -0.3 is 11.1 Å². The summed E-state index contributed by atoms with van der Waals surface area (Å²) in [4.78, 5) is 0.310. The minimum atomic E-state index is -3.37. The third-order valence-corrected chi connectivity index (χ3v) is 5.36. The van der Waals surface area contributed by atoms with Crippen LogP contribution in [0.25, 0.3) is 0 Å². The normalized spacial score (nSPS) is 22.4. The van der Waals surface area contributed by atoms with Gasteiger partial charge in [0.2, 0.25) is 10.0 Å². The topological polar surface area (TPSA) is 84.2 Å². The monoisotopic (exact) mass is 311 g/mol.